The van der Waals surface area contributed by atoms with Gasteiger partial charge in [-0.2, -0.15) is 5.26 Å². The van der Waals surface area contributed by atoms with Crippen molar-refractivity contribution in [3.8, 4) is 6.07 Å². The molecule has 4 nitrogen and oxygen atoms in total. The van der Waals surface area contributed by atoms with Crippen LogP contribution >= 0.6 is 0 Å². The highest BCUT2D eigenvalue weighted by Gasteiger charge is 2.30. The fraction of sp³-hybridized carbons (Fsp3) is 0.875. The number of hydrogen-bond donors (Lipinski definition) is 1. The average molecular weight is 279 g/mol. The Bertz CT molecular complexity index is 353. The van der Waals surface area contributed by atoms with Crippen LogP contribution in [0.2, 0.25) is 0 Å². The van der Waals surface area contributed by atoms with Gasteiger partial charge in [0.15, 0.2) is 0 Å². The van der Waals surface area contributed by atoms with Crippen molar-refractivity contribution in [3.05, 3.63) is 0 Å². The SMILES string of the molecule is CC(C)C(C)(C#N)NC(=O)CN(C)C1CCCCCC1. The molecular weight excluding hydrogens is 250 g/mol. The van der Waals surface area contributed by atoms with Crippen molar-refractivity contribution >= 4 is 5.91 Å². The van der Waals surface area contributed by atoms with E-state index in [0.29, 0.717) is 12.6 Å². The number of nitriles is 1. The van der Waals surface area contributed by atoms with Gasteiger partial charge in [-0.05, 0) is 32.7 Å². The third-order valence-electron chi connectivity index (χ3n) is 4.63. The molecule has 1 atom stereocenters. The van der Waals surface area contributed by atoms with Gasteiger partial charge in [0.2, 0.25) is 5.91 Å². The van der Waals surface area contributed by atoms with E-state index >= 15 is 0 Å². The highest BCUT2D eigenvalue weighted by Crippen LogP contribution is 2.21. The van der Waals surface area contributed by atoms with Crippen molar-refractivity contribution < 1.29 is 4.79 Å². The molecule has 1 aliphatic carbocycles. The van der Waals surface area contributed by atoms with Gasteiger partial charge in [-0.15, -0.1) is 0 Å². The molecule has 0 heterocycles. The van der Waals surface area contributed by atoms with Gasteiger partial charge >= 0.3 is 0 Å². The molecule has 1 rings (SSSR count). The molecule has 1 N–H and O–H groups in total. The lowest BCUT2D eigenvalue weighted by Gasteiger charge is -2.30. The Kier molecular flexibility index (Phi) is 6.48. The van der Waals surface area contributed by atoms with E-state index in [1.54, 1.807) is 6.92 Å². The molecule has 0 radical (unpaired) electrons. The number of likely N-dealkylation sites (N-methyl/N-ethyl adjacent to an activating group) is 1. The zero-order valence-electron chi connectivity index (χ0n) is 13.4. The molecule has 4 heteroatoms. The lowest BCUT2D eigenvalue weighted by molar-refractivity contribution is -0.124. The van der Waals surface area contributed by atoms with E-state index < -0.39 is 5.54 Å². The summed E-state index contributed by atoms with van der Waals surface area (Å²) >= 11 is 0. The molecule has 0 aromatic heterocycles. The largest absolute Gasteiger partial charge is 0.337 e. The number of nitrogens with zero attached hydrogens (tertiary/aromatic N) is 2. The minimum Gasteiger partial charge on any atom is -0.337 e. The van der Waals surface area contributed by atoms with Gasteiger partial charge in [0.25, 0.3) is 0 Å². The van der Waals surface area contributed by atoms with Crippen LogP contribution in [0.3, 0.4) is 0 Å². The molecule has 0 bridgehead atoms. The summed E-state index contributed by atoms with van der Waals surface area (Å²) < 4.78 is 0. The molecule has 1 fully saturated rings. The summed E-state index contributed by atoms with van der Waals surface area (Å²) in [7, 11) is 2.02. The van der Waals surface area contributed by atoms with Crippen LogP contribution in [0.5, 0.6) is 0 Å². The van der Waals surface area contributed by atoms with E-state index in [4.69, 9.17) is 0 Å². The molecule has 20 heavy (non-hydrogen) atoms. The summed E-state index contributed by atoms with van der Waals surface area (Å²) in [5, 5.41) is 12.1. The highest BCUT2D eigenvalue weighted by atomic mass is 16.2. The van der Waals surface area contributed by atoms with Crippen LogP contribution in [0, 0.1) is 17.2 Å². The minimum absolute atomic E-state index is 0.0468. The van der Waals surface area contributed by atoms with Crippen molar-refractivity contribution in [2.75, 3.05) is 13.6 Å². The molecule has 0 aliphatic heterocycles. The van der Waals surface area contributed by atoms with Gasteiger partial charge < -0.3 is 5.32 Å². The number of carbonyl (C=O) groups is 1. The molecule has 0 aromatic carbocycles. The van der Waals surface area contributed by atoms with Crippen LogP contribution in [0.15, 0.2) is 0 Å². The Morgan fingerprint density at radius 2 is 1.90 bits per heavy atom. The van der Waals surface area contributed by atoms with Gasteiger partial charge in [-0.25, -0.2) is 0 Å². The van der Waals surface area contributed by atoms with E-state index in [-0.39, 0.29) is 11.8 Å². The topological polar surface area (TPSA) is 56.1 Å². The number of nitrogens with one attached hydrogen (secondary N) is 1. The van der Waals surface area contributed by atoms with Crippen LogP contribution < -0.4 is 5.32 Å². The quantitative estimate of drug-likeness (QED) is 0.787. The summed E-state index contributed by atoms with van der Waals surface area (Å²) in [5.74, 6) is 0.0501. The Morgan fingerprint density at radius 1 is 1.35 bits per heavy atom. The molecule has 1 amide bonds. The highest BCUT2D eigenvalue weighted by molar-refractivity contribution is 5.79. The minimum atomic E-state index is -0.776. The first-order chi connectivity index (χ1) is 9.39. The number of hydrogen-bond acceptors (Lipinski definition) is 3. The maximum Gasteiger partial charge on any atom is 0.235 e. The zero-order valence-corrected chi connectivity index (χ0v) is 13.4. The first-order valence-corrected chi connectivity index (χ1v) is 7.81. The predicted octanol–water partition coefficient (Wildman–Crippen LogP) is 2.70. The Hall–Kier alpha value is -1.08. The monoisotopic (exact) mass is 279 g/mol. The van der Waals surface area contributed by atoms with Crippen molar-refractivity contribution in [2.24, 2.45) is 5.92 Å². The standard InChI is InChI=1S/C16H29N3O/c1-13(2)16(3,12-17)18-15(20)11-19(4)14-9-7-5-6-8-10-14/h13-14H,5-11H2,1-4H3,(H,18,20). The first-order valence-electron chi connectivity index (χ1n) is 7.81. The van der Waals surface area contributed by atoms with Crippen molar-refractivity contribution in [1.29, 1.82) is 5.26 Å². The summed E-state index contributed by atoms with van der Waals surface area (Å²) in [4.78, 5) is 14.3. The molecule has 114 valence electrons. The predicted molar refractivity (Wildman–Crippen MR) is 81.1 cm³/mol. The second kappa shape index (κ2) is 7.64. The molecule has 1 aliphatic rings. The van der Waals surface area contributed by atoms with Gasteiger partial charge in [0.1, 0.15) is 5.54 Å². The second-order valence-corrected chi connectivity index (χ2v) is 6.58. The molecule has 1 saturated carbocycles. The van der Waals surface area contributed by atoms with Crippen LogP contribution in [-0.4, -0.2) is 36.0 Å². The Morgan fingerprint density at radius 3 is 2.35 bits per heavy atom. The van der Waals surface area contributed by atoms with Gasteiger partial charge in [0, 0.05) is 6.04 Å². The van der Waals surface area contributed by atoms with Crippen LogP contribution in [0.25, 0.3) is 0 Å². The smallest absolute Gasteiger partial charge is 0.235 e. The normalized spacial score (nSPS) is 20.2. The summed E-state index contributed by atoms with van der Waals surface area (Å²) in [6.45, 7) is 6.09. The third kappa shape index (κ3) is 4.79. The number of amides is 1. The van der Waals surface area contributed by atoms with Gasteiger partial charge in [-0.3, -0.25) is 9.69 Å². The van der Waals surface area contributed by atoms with E-state index in [2.05, 4.69) is 16.3 Å². The lowest BCUT2D eigenvalue weighted by Crippen LogP contribution is -2.52. The maximum absolute atomic E-state index is 12.2. The first kappa shape index (κ1) is 17.0. The van der Waals surface area contributed by atoms with Crippen molar-refractivity contribution in [3.63, 3.8) is 0 Å². The molecule has 1 unspecified atom stereocenters. The summed E-state index contributed by atoms with van der Waals surface area (Å²) in [6.07, 6.45) is 7.52. The molecule has 0 aromatic rings. The number of carbonyl (C=O) groups excluding carboxylic acids is 1. The van der Waals surface area contributed by atoms with Gasteiger partial charge in [0.05, 0.1) is 12.6 Å². The summed E-state index contributed by atoms with van der Waals surface area (Å²) in [6, 6.07) is 2.73. The Balaban J connectivity index is 2.50. The van der Waals surface area contributed by atoms with Crippen LogP contribution in [0.4, 0.5) is 0 Å². The van der Waals surface area contributed by atoms with E-state index in [0.717, 1.165) is 0 Å². The van der Waals surface area contributed by atoms with E-state index in [1.807, 2.05) is 20.9 Å². The van der Waals surface area contributed by atoms with Crippen LogP contribution in [-0.2, 0) is 4.79 Å². The average Bonchev–Trinajstić information content (AvgIpc) is 2.66. The zero-order chi connectivity index (χ0) is 15.2. The number of rotatable bonds is 5. The Labute approximate surface area is 123 Å². The second-order valence-electron chi connectivity index (χ2n) is 6.58. The summed E-state index contributed by atoms with van der Waals surface area (Å²) in [5.41, 5.74) is -0.776. The van der Waals surface area contributed by atoms with Crippen molar-refractivity contribution in [2.45, 2.75) is 70.9 Å². The van der Waals surface area contributed by atoms with Crippen LogP contribution in [0.1, 0.15) is 59.3 Å². The fourth-order valence-electron chi connectivity index (χ4n) is 2.68. The van der Waals surface area contributed by atoms with E-state index in [9.17, 15) is 10.1 Å². The molecule has 0 saturated heterocycles. The molecular formula is C16H29N3O. The van der Waals surface area contributed by atoms with Gasteiger partial charge in [-0.1, -0.05) is 39.5 Å². The fourth-order valence-corrected chi connectivity index (χ4v) is 2.68. The van der Waals surface area contributed by atoms with E-state index in [1.165, 1.54) is 38.5 Å². The third-order valence-corrected chi connectivity index (χ3v) is 4.63. The van der Waals surface area contributed by atoms with Crippen molar-refractivity contribution in [1.82, 2.24) is 10.2 Å². The molecule has 0 spiro atoms. The lowest BCUT2D eigenvalue weighted by atomic mass is 9.90. The maximum atomic E-state index is 12.2.